The molecule has 0 fully saturated rings. The first-order valence-electron chi connectivity index (χ1n) is 4.62. The van der Waals surface area contributed by atoms with Crippen molar-refractivity contribution in [1.82, 2.24) is 0 Å². The fraction of sp³-hybridized carbons (Fsp3) is 0.364. The summed E-state index contributed by atoms with van der Waals surface area (Å²) in [6.07, 6.45) is 1.25. The van der Waals surface area contributed by atoms with E-state index in [-0.39, 0.29) is 5.97 Å². The van der Waals surface area contributed by atoms with Crippen LogP contribution in [0, 0.1) is 3.57 Å². The summed E-state index contributed by atoms with van der Waals surface area (Å²) in [4.78, 5) is 11.2. The van der Waals surface area contributed by atoms with Crippen molar-refractivity contribution >= 4 is 28.6 Å². The maximum absolute atomic E-state index is 11.2. The highest BCUT2D eigenvalue weighted by atomic mass is 127. The zero-order valence-electron chi connectivity index (χ0n) is 8.13. The van der Waals surface area contributed by atoms with Gasteiger partial charge in [0.25, 0.3) is 0 Å². The number of carbonyl (C=O) groups excluding carboxylic acids is 1. The highest BCUT2D eigenvalue weighted by Crippen LogP contribution is 2.07. The van der Waals surface area contributed by atoms with Gasteiger partial charge < -0.3 is 4.74 Å². The van der Waals surface area contributed by atoms with Gasteiger partial charge in [-0.25, -0.2) is 0 Å². The normalized spacial score (nSPS) is 9.86. The molecule has 0 heterocycles. The number of ether oxygens (including phenoxy) is 1. The molecule has 0 bridgehead atoms. The Kier molecular flexibility index (Phi) is 4.93. The molecule has 3 heteroatoms. The molecule has 0 aliphatic carbocycles. The second kappa shape index (κ2) is 6.01. The fourth-order valence-electron chi connectivity index (χ4n) is 1.04. The summed E-state index contributed by atoms with van der Waals surface area (Å²) in [6.45, 7) is 2.50. The zero-order valence-corrected chi connectivity index (χ0v) is 10.3. The summed E-state index contributed by atoms with van der Waals surface area (Å²) >= 11 is 2.24. The highest BCUT2D eigenvalue weighted by molar-refractivity contribution is 14.1. The molecular weight excluding hydrogens is 291 g/mol. The molecule has 0 N–H and O–H groups in total. The molecule has 0 aromatic heterocycles. The highest BCUT2D eigenvalue weighted by Gasteiger charge is 2.03. The van der Waals surface area contributed by atoms with Crippen molar-refractivity contribution in [1.29, 1.82) is 0 Å². The van der Waals surface area contributed by atoms with Gasteiger partial charge in [0.05, 0.1) is 13.0 Å². The average Bonchev–Trinajstić information content (AvgIpc) is 2.18. The van der Waals surface area contributed by atoms with Gasteiger partial charge in [-0.15, -0.1) is 0 Å². The minimum atomic E-state index is -0.145. The molecule has 1 aromatic rings. The molecule has 0 saturated heterocycles. The smallest absolute Gasteiger partial charge is 0.310 e. The van der Waals surface area contributed by atoms with E-state index in [1.807, 2.05) is 31.2 Å². The molecule has 0 spiro atoms. The Morgan fingerprint density at radius 1 is 1.36 bits per heavy atom. The third-order valence-electron chi connectivity index (χ3n) is 1.73. The maximum atomic E-state index is 11.2. The topological polar surface area (TPSA) is 26.3 Å². The van der Waals surface area contributed by atoms with Crippen LogP contribution in [0.2, 0.25) is 0 Å². The Labute approximate surface area is 97.8 Å². The van der Waals surface area contributed by atoms with Gasteiger partial charge in [-0.05, 0) is 46.7 Å². The van der Waals surface area contributed by atoms with E-state index in [0.717, 1.165) is 12.0 Å². The molecule has 1 aromatic carbocycles. The minimum Gasteiger partial charge on any atom is -0.465 e. The second-order valence-electron chi connectivity index (χ2n) is 3.02. The molecule has 76 valence electrons. The molecule has 1 rings (SSSR count). The Balaban J connectivity index is 2.44. The zero-order chi connectivity index (χ0) is 10.4. The third-order valence-corrected chi connectivity index (χ3v) is 2.45. The van der Waals surface area contributed by atoms with E-state index in [1.54, 1.807) is 0 Å². The lowest BCUT2D eigenvalue weighted by Crippen LogP contribution is -2.08. The quantitative estimate of drug-likeness (QED) is 0.631. The van der Waals surface area contributed by atoms with Gasteiger partial charge in [0, 0.05) is 3.57 Å². The third kappa shape index (κ3) is 4.09. The van der Waals surface area contributed by atoms with Crippen LogP contribution in [0.25, 0.3) is 0 Å². The van der Waals surface area contributed by atoms with Crippen LogP contribution in [0.5, 0.6) is 0 Å². The van der Waals surface area contributed by atoms with Gasteiger partial charge in [-0.1, -0.05) is 19.1 Å². The Hall–Kier alpha value is -0.580. The fourth-order valence-corrected chi connectivity index (χ4v) is 1.40. The predicted octanol–water partition coefficient (Wildman–Crippen LogP) is 2.79. The van der Waals surface area contributed by atoms with Crippen molar-refractivity contribution in [3.8, 4) is 0 Å². The summed E-state index contributed by atoms with van der Waals surface area (Å²) in [5, 5.41) is 0. The van der Waals surface area contributed by atoms with Gasteiger partial charge in [-0.2, -0.15) is 0 Å². The van der Waals surface area contributed by atoms with Gasteiger partial charge in [-0.3, -0.25) is 4.79 Å². The van der Waals surface area contributed by atoms with Crippen molar-refractivity contribution in [3.63, 3.8) is 0 Å². The average molecular weight is 304 g/mol. The van der Waals surface area contributed by atoms with Crippen molar-refractivity contribution in [2.45, 2.75) is 19.8 Å². The van der Waals surface area contributed by atoms with Crippen LogP contribution >= 0.6 is 22.6 Å². The molecule has 0 unspecified atom stereocenters. The summed E-state index contributed by atoms with van der Waals surface area (Å²) in [5.74, 6) is -0.145. The van der Waals surface area contributed by atoms with E-state index in [9.17, 15) is 4.79 Å². The second-order valence-corrected chi connectivity index (χ2v) is 4.27. The Morgan fingerprint density at radius 3 is 2.57 bits per heavy atom. The predicted molar refractivity (Wildman–Crippen MR) is 64.1 cm³/mol. The number of rotatable bonds is 4. The van der Waals surface area contributed by atoms with E-state index in [4.69, 9.17) is 4.74 Å². The molecule has 0 atom stereocenters. The van der Waals surface area contributed by atoms with E-state index in [2.05, 4.69) is 22.6 Å². The van der Waals surface area contributed by atoms with Crippen LogP contribution < -0.4 is 0 Å². The molecule has 0 radical (unpaired) electrons. The molecule has 0 aliphatic rings. The van der Waals surface area contributed by atoms with Crippen LogP contribution in [0.15, 0.2) is 24.3 Å². The van der Waals surface area contributed by atoms with E-state index in [1.165, 1.54) is 3.57 Å². The standard InChI is InChI=1S/C11H13IO2/c1-2-7-14-11(13)8-9-3-5-10(12)6-4-9/h3-6H,2,7-8H2,1H3. The van der Waals surface area contributed by atoms with Gasteiger partial charge >= 0.3 is 5.97 Å². The monoisotopic (exact) mass is 304 g/mol. The van der Waals surface area contributed by atoms with Gasteiger partial charge in [0.2, 0.25) is 0 Å². The number of benzene rings is 1. The molecule has 14 heavy (non-hydrogen) atoms. The van der Waals surface area contributed by atoms with Crippen LogP contribution in [-0.4, -0.2) is 12.6 Å². The molecule has 0 amide bonds. The van der Waals surface area contributed by atoms with E-state index < -0.39 is 0 Å². The van der Waals surface area contributed by atoms with Crippen molar-refractivity contribution < 1.29 is 9.53 Å². The van der Waals surface area contributed by atoms with Crippen LogP contribution in [0.4, 0.5) is 0 Å². The number of hydrogen-bond acceptors (Lipinski definition) is 2. The van der Waals surface area contributed by atoms with E-state index >= 15 is 0 Å². The van der Waals surface area contributed by atoms with Crippen molar-refractivity contribution in [2.75, 3.05) is 6.61 Å². The van der Waals surface area contributed by atoms with Crippen LogP contribution in [0.1, 0.15) is 18.9 Å². The number of esters is 1. The van der Waals surface area contributed by atoms with Crippen molar-refractivity contribution in [2.24, 2.45) is 0 Å². The van der Waals surface area contributed by atoms with Crippen molar-refractivity contribution in [3.05, 3.63) is 33.4 Å². The number of carbonyl (C=O) groups is 1. The number of halogens is 1. The summed E-state index contributed by atoms with van der Waals surface area (Å²) < 4.78 is 6.16. The first kappa shape index (κ1) is 11.5. The molecule has 0 aliphatic heterocycles. The number of hydrogen-bond donors (Lipinski definition) is 0. The minimum absolute atomic E-state index is 0.145. The summed E-state index contributed by atoms with van der Waals surface area (Å²) in [6, 6.07) is 7.88. The molecule has 0 saturated carbocycles. The molecule has 2 nitrogen and oxygen atoms in total. The first-order chi connectivity index (χ1) is 6.72. The first-order valence-corrected chi connectivity index (χ1v) is 5.70. The largest absolute Gasteiger partial charge is 0.465 e. The SMILES string of the molecule is CCCOC(=O)Cc1ccc(I)cc1. The van der Waals surface area contributed by atoms with E-state index in [0.29, 0.717) is 13.0 Å². The lowest BCUT2D eigenvalue weighted by atomic mass is 10.2. The summed E-state index contributed by atoms with van der Waals surface area (Å²) in [7, 11) is 0. The Bertz CT molecular complexity index is 293. The maximum Gasteiger partial charge on any atom is 0.310 e. The lowest BCUT2D eigenvalue weighted by Gasteiger charge is -2.02. The van der Waals surface area contributed by atoms with Crippen LogP contribution in [-0.2, 0) is 16.0 Å². The van der Waals surface area contributed by atoms with Gasteiger partial charge in [0.1, 0.15) is 0 Å². The molecular formula is C11H13IO2. The van der Waals surface area contributed by atoms with Gasteiger partial charge in [0.15, 0.2) is 0 Å². The lowest BCUT2D eigenvalue weighted by molar-refractivity contribution is -0.142. The van der Waals surface area contributed by atoms with Crippen LogP contribution in [0.3, 0.4) is 0 Å². The summed E-state index contributed by atoms with van der Waals surface area (Å²) in [5.41, 5.74) is 1.01. The Morgan fingerprint density at radius 2 is 2.00 bits per heavy atom.